The van der Waals surface area contributed by atoms with Crippen LogP contribution in [0.1, 0.15) is 47.9 Å². The van der Waals surface area contributed by atoms with E-state index in [-0.39, 0.29) is 5.91 Å². The Labute approximate surface area is 155 Å². The number of aryl methyl sites for hydroxylation is 2. The summed E-state index contributed by atoms with van der Waals surface area (Å²) in [6.45, 7) is 4.51. The Bertz CT molecular complexity index is 768. The van der Waals surface area contributed by atoms with Gasteiger partial charge in [0.25, 0.3) is 0 Å². The SMILES string of the molecule is C=CCn1c(SCC(=O)Nc2cc3c(s2)CCCC3)nnc1C1CC1. The summed E-state index contributed by atoms with van der Waals surface area (Å²) < 4.78 is 2.09. The number of carbonyl (C=O) groups is 1. The molecule has 7 heteroatoms. The first kappa shape index (κ1) is 16.8. The number of nitrogens with zero attached hydrogens (tertiary/aromatic N) is 3. The number of carbonyl (C=O) groups excluding carboxylic acids is 1. The number of amides is 1. The summed E-state index contributed by atoms with van der Waals surface area (Å²) in [6, 6.07) is 2.15. The van der Waals surface area contributed by atoms with Gasteiger partial charge in [-0.1, -0.05) is 17.8 Å². The van der Waals surface area contributed by atoms with Gasteiger partial charge in [0, 0.05) is 17.3 Å². The molecule has 1 N–H and O–H groups in total. The number of anilines is 1. The Kier molecular flexibility index (Phi) is 4.94. The third-order valence-corrected chi connectivity index (χ3v) is 6.71. The average Bonchev–Trinajstić information content (AvgIpc) is 3.24. The molecular formula is C18H22N4OS2. The van der Waals surface area contributed by atoms with Gasteiger partial charge in [0.1, 0.15) is 5.82 Å². The van der Waals surface area contributed by atoms with Crippen LogP contribution in [-0.2, 0) is 24.2 Å². The van der Waals surface area contributed by atoms with Crippen molar-refractivity contribution in [2.45, 2.75) is 56.1 Å². The highest BCUT2D eigenvalue weighted by molar-refractivity contribution is 7.99. The number of nitrogens with one attached hydrogen (secondary N) is 1. The van der Waals surface area contributed by atoms with Crippen molar-refractivity contribution in [3.8, 4) is 0 Å². The van der Waals surface area contributed by atoms with Crippen molar-refractivity contribution >= 4 is 34.0 Å². The van der Waals surface area contributed by atoms with Crippen molar-refractivity contribution in [3.05, 3.63) is 35.0 Å². The predicted molar refractivity (Wildman–Crippen MR) is 103 cm³/mol. The first-order chi connectivity index (χ1) is 12.2. The Balaban J connectivity index is 1.37. The van der Waals surface area contributed by atoms with E-state index in [1.54, 1.807) is 11.3 Å². The molecule has 0 unspecified atom stereocenters. The highest BCUT2D eigenvalue weighted by Crippen LogP contribution is 2.40. The van der Waals surface area contributed by atoms with Crippen LogP contribution in [0.3, 0.4) is 0 Å². The van der Waals surface area contributed by atoms with Gasteiger partial charge in [-0.25, -0.2) is 0 Å². The minimum atomic E-state index is 0.0183. The van der Waals surface area contributed by atoms with Crippen molar-refractivity contribution in [1.29, 1.82) is 0 Å². The van der Waals surface area contributed by atoms with Crippen LogP contribution in [0.5, 0.6) is 0 Å². The fourth-order valence-corrected chi connectivity index (χ4v) is 5.13. The molecule has 1 amide bonds. The van der Waals surface area contributed by atoms with Crippen LogP contribution in [0.15, 0.2) is 23.9 Å². The highest BCUT2D eigenvalue weighted by Gasteiger charge is 2.30. The Morgan fingerprint density at radius 3 is 3.00 bits per heavy atom. The Morgan fingerprint density at radius 1 is 1.40 bits per heavy atom. The van der Waals surface area contributed by atoms with Gasteiger partial charge < -0.3 is 9.88 Å². The third-order valence-electron chi connectivity index (χ3n) is 4.59. The van der Waals surface area contributed by atoms with Crippen LogP contribution in [0, 0.1) is 0 Å². The smallest absolute Gasteiger partial charge is 0.235 e. The number of allylic oxidation sites excluding steroid dienone is 1. The molecule has 0 aromatic carbocycles. The molecule has 1 fully saturated rings. The van der Waals surface area contributed by atoms with Gasteiger partial charge in [-0.2, -0.15) is 0 Å². The van der Waals surface area contributed by atoms with Gasteiger partial charge in [-0.05, 0) is 50.2 Å². The Hall–Kier alpha value is -1.60. The minimum absolute atomic E-state index is 0.0183. The molecule has 0 radical (unpaired) electrons. The third kappa shape index (κ3) is 3.82. The molecule has 0 saturated heterocycles. The monoisotopic (exact) mass is 374 g/mol. The summed E-state index contributed by atoms with van der Waals surface area (Å²) in [5.41, 5.74) is 1.42. The number of fused-ring (bicyclic) bond motifs is 1. The zero-order valence-corrected chi connectivity index (χ0v) is 15.8. The number of thiophene rings is 1. The number of aromatic nitrogens is 3. The molecule has 5 nitrogen and oxygen atoms in total. The summed E-state index contributed by atoms with van der Waals surface area (Å²) in [5.74, 6) is 1.94. The Morgan fingerprint density at radius 2 is 2.24 bits per heavy atom. The van der Waals surface area contributed by atoms with E-state index >= 15 is 0 Å². The minimum Gasteiger partial charge on any atom is -0.317 e. The molecular weight excluding hydrogens is 352 g/mol. The van der Waals surface area contributed by atoms with Gasteiger partial charge in [0.15, 0.2) is 5.16 Å². The lowest BCUT2D eigenvalue weighted by molar-refractivity contribution is -0.113. The molecule has 25 heavy (non-hydrogen) atoms. The summed E-state index contributed by atoms with van der Waals surface area (Å²) in [7, 11) is 0. The average molecular weight is 375 g/mol. The molecule has 0 bridgehead atoms. The van der Waals surface area contributed by atoms with E-state index < -0.39 is 0 Å². The van der Waals surface area contributed by atoms with Crippen LogP contribution >= 0.6 is 23.1 Å². The maximum Gasteiger partial charge on any atom is 0.235 e. The molecule has 132 valence electrons. The van der Waals surface area contributed by atoms with Crippen LogP contribution in [0.2, 0.25) is 0 Å². The first-order valence-electron chi connectivity index (χ1n) is 8.83. The number of hydrogen-bond acceptors (Lipinski definition) is 5. The first-order valence-corrected chi connectivity index (χ1v) is 10.6. The van der Waals surface area contributed by atoms with E-state index in [0.29, 0.717) is 18.2 Å². The lowest BCUT2D eigenvalue weighted by atomic mass is 10.00. The summed E-state index contributed by atoms with van der Waals surface area (Å²) in [4.78, 5) is 13.8. The quantitative estimate of drug-likeness (QED) is 0.587. The van der Waals surface area contributed by atoms with Crippen LogP contribution in [0.4, 0.5) is 5.00 Å². The molecule has 1 saturated carbocycles. The second-order valence-electron chi connectivity index (χ2n) is 6.62. The van der Waals surface area contributed by atoms with Gasteiger partial charge in [-0.15, -0.1) is 28.1 Å². The normalized spacial score (nSPS) is 16.5. The lowest BCUT2D eigenvalue weighted by Gasteiger charge is -2.08. The largest absolute Gasteiger partial charge is 0.317 e. The van der Waals surface area contributed by atoms with Crippen molar-refractivity contribution < 1.29 is 4.79 Å². The van der Waals surface area contributed by atoms with Crippen molar-refractivity contribution in [1.82, 2.24) is 14.8 Å². The van der Waals surface area contributed by atoms with E-state index in [2.05, 4.69) is 32.7 Å². The number of rotatable bonds is 7. The van der Waals surface area contributed by atoms with E-state index in [4.69, 9.17) is 0 Å². The van der Waals surface area contributed by atoms with Crippen LogP contribution in [-0.4, -0.2) is 26.4 Å². The molecule has 4 rings (SSSR count). The zero-order chi connectivity index (χ0) is 17.2. The molecule has 2 heterocycles. The second kappa shape index (κ2) is 7.33. The van der Waals surface area contributed by atoms with Crippen LogP contribution in [0.25, 0.3) is 0 Å². The van der Waals surface area contributed by atoms with E-state index in [1.165, 1.54) is 47.9 Å². The molecule has 2 aliphatic rings. The van der Waals surface area contributed by atoms with Gasteiger partial charge in [0.05, 0.1) is 10.8 Å². The predicted octanol–water partition coefficient (Wildman–Crippen LogP) is 4.01. The molecule has 0 spiro atoms. The fourth-order valence-electron chi connectivity index (χ4n) is 3.21. The topological polar surface area (TPSA) is 59.8 Å². The molecule has 2 aromatic heterocycles. The number of thioether (sulfide) groups is 1. The van der Waals surface area contributed by atoms with Crippen LogP contribution < -0.4 is 5.32 Å². The molecule has 2 aromatic rings. The lowest BCUT2D eigenvalue weighted by Crippen LogP contribution is -2.14. The summed E-state index contributed by atoms with van der Waals surface area (Å²) >= 11 is 3.17. The van der Waals surface area contributed by atoms with Crippen molar-refractivity contribution in [3.63, 3.8) is 0 Å². The zero-order valence-electron chi connectivity index (χ0n) is 14.2. The molecule has 2 aliphatic carbocycles. The fraction of sp³-hybridized carbons (Fsp3) is 0.500. The second-order valence-corrected chi connectivity index (χ2v) is 8.70. The van der Waals surface area contributed by atoms with E-state index in [9.17, 15) is 4.79 Å². The van der Waals surface area contributed by atoms with Gasteiger partial charge >= 0.3 is 0 Å². The molecule has 0 aliphatic heterocycles. The summed E-state index contributed by atoms with van der Waals surface area (Å²) in [5, 5.41) is 13.4. The number of hydrogen-bond donors (Lipinski definition) is 1. The standard InChI is InChI=1S/C18H22N4OS2/c1-2-9-22-17(12-7-8-12)20-21-18(22)24-11-15(23)19-16-10-13-5-3-4-6-14(13)25-16/h2,10,12H,1,3-9,11H2,(H,19,23). The van der Waals surface area contributed by atoms with Crippen molar-refractivity contribution in [2.75, 3.05) is 11.1 Å². The highest BCUT2D eigenvalue weighted by atomic mass is 32.2. The maximum absolute atomic E-state index is 12.3. The van der Waals surface area contributed by atoms with E-state index in [0.717, 1.165) is 28.8 Å². The molecule has 0 atom stereocenters. The van der Waals surface area contributed by atoms with Gasteiger partial charge in [0.2, 0.25) is 5.91 Å². The summed E-state index contributed by atoms with van der Waals surface area (Å²) in [6.07, 6.45) is 9.04. The van der Waals surface area contributed by atoms with E-state index in [1.807, 2.05) is 6.08 Å². The van der Waals surface area contributed by atoms with Gasteiger partial charge in [-0.3, -0.25) is 4.79 Å². The maximum atomic E-state index is 12.3. The van der Waals surface area contributed by atoms with Crippen molar-refractivity contribution in [2.24, 2.45) is 0 Å².